The van der Waals surface area contributed by atoms with Gasteiger partial charge in [-0.2, -0.15) is 10.1 Å². The monoisotopic (exact) mass is 424 g/mol. The smallest absolute Gasteiger partial charge is 0.319 e. The zero-order chi connectivity index (χ0) is 21.0. The van der Waals surface area contributed by atoms with E-state index in [1.807, 2.05) is 0 Å². The van der Waals surface area contributed by atoms with E-state index >= 15 is 0 Å². The summed E-state index contributed by atoms with van der Waals surface area (Å²) in [4.78, 5) is 14.1. The largest absolute Gasteiger partial charge is 0.480 e. The molecule has 0 aliphatic carbocycles. The van der Waals surface area contributed by atoms with Crippen molar-refractivity contribution in [2.45, 2.75) is 19.8 Å². The molecule has 0 amide bonds. The molecule has 11 heteroatoms. The minimum atomic E-state index is -2.86. The topological polar surface area (TPSA) is 77.7 Å². The molecule has 1 saturated heterocycles. The predicted octanol–water partition coefficient (Wildman–Crippen LogP) is 3.34. The average molecular weight is 425 g/mol. The van der Waals surface area contributed by atoms with Crippen LogP contribution in [0.1, 0.15) is 13.8 Å². The summed E-state index contributed by atoms with van der Waals surface area (Å²) in [6.07, 6.45) is 3.02. The van der Waals surface area contributed by atoms with Gasteiger partial charge in [-0.15, -0.1) is 0 Å². The third kappa shape index (κ3) is 3.21. The van der Waals surface area contributed by atoms with Crippen molar-refractivity contribution in [1.29, 1.82) is 0 Å². The molecule has 0 unspecified atom stereocenters. The van der Waals surface area contributed by atoms with Gasteiger partial charge in [0.2, 0.25) is 5.88 Å². The number of hydrogen-bond donors (Lipinski definition) is 0. The van der Waals surface area contributed by atoms with Crippen LogP contribution in [0.4, 0.5) is 14.5 Å². The molecule has 3 aromatic rings. The molecule has 0 bridgehead atoms. The fourth-order valence-corrected chi connectivity index (χ4v) is 3.52. The van der Waals surface area contributed by atoms with Gasteiger partial charge in [0, 0.05) is 18.2 Å². The molecule has 154 valence electrons. The molecule has 0 N–H and O–H groups in total. The summed E-state index contributed by atoms with van der Waals surface area (Å²) < 4.78 is 40.9. The predicted molar refractivity (Wildman–Crippen MR) is 103 cm³/mol. The molecule has 1 aliphatic heterocycles. The van der Waals surface area contributed by atoms with E-state index in [-0.39, 0.29) is 23.6 Å². The van der Waals surface area contributed by atoms with Gasteiger partial charge in [0.15, 0.2) is 5.65 Å². The maximum Gasteiger partial charge on any atom is 0.319 e. The number of nitrogens with zero attached hydrogens (tertiary/aromatic N) is 6. The number of anilines is 1. The second kappa shape index (κ2) is 6.65. The van der Waals surface area contributed by atoms with E-state index in [4.69, 9.17) is 21.1 Å². The van der Waals surface area contributed by atoms with Crippen molar-refractivity contribution in [3.63, 3.8) is 0 Å². The fraction of sp³-hybridized carbons (Fsp3) is 0.444. The molecule has 1 aliphatic rings. The summed E-state index contributed by atoms with van der Waals surface area (Å²) >= 11 is 6.07. The minimum Gasteiger partial charge on any atom is -0.480 e. The van der Waals surface area contributed by atoms with Crippen LogP contribution in [0.15, 0.2) is 18.5 Å². The molecule has 0 radical (unpaired) electrons. The summed E-state index contributed by atoms with van der Waals surface area (Å²) in [6.45, 7) is 2.82. The Morgan fingerprint density at radius 2 is 1.90 bits per heavy atom. The summed E-state index contributed by atoms with van der Waals surface area (Å²) in [7, 11) is 2.90. The van der Waals surface area contributed by atoms with Crippen LogP contribution in [0.3, 0.4) is 0 Å². The standard InChI is InChI=1S/C18H19ClF2N6O2/c1-17(2)8-26(9-18(17,20)21)12-5-11(25-27-7-13(19)23-14(12)27)10-6-22-16(29-4)24-15(10)28-3/h5-7H,8-9H2,1-4H3. The lowest BCUT2D eigenvalue weighted by molar-refractivity contribution is -0.0642. The highest BCUT2D eigenvalue weighted by Crippen LogP contribution is 2.45. The average Bonchev–Trinajstić information content (AvgIpc) is 3.15. The number of ether oxygens (including phenoxy) is 2. The van der Waals surface area contributed by atoms with Gasteiger partial charge in [-0.3, -0.25) is 0 Å². The molecule has 0 spiro atoms. The molecule has 0 aromatic carbocycles. The quantitative estimate of drug-likeness (QED) is 0.635. The van der Waals surface area contributed by atoms with Gasteiger partial charge < -0.3 is 14.4 Å². The van der Waals surface area contributed by atoms with Crippen molar-refractivity contribution in [2.75, 3.05) is 32.2 Å². The Bertz CT molecular complexity index is 1070. The van der Waals surface area contributed by atoms with Crippen LogP contribution in [0.5, 0.6) is 11.9 Å². The van der Waals surface area contributed by atoms with Crippen LogP contribution in [0, 0.1) is 5.41 Å². The zero-order valence-electron chi connectivity index (χ0n) is 16.3. The van der Waals surface area contributed by atoms with E-state index in [1.54, 1.807) is 24.8 Å². The van der Waals surface area contributed by atoms with Crippen LogP contribution in [-0.2, 0) is 0 Å². The van der Waals surface area contributed by atoms with Crippen molar-refractivity contribution in [3.05, 3.63) is 23.6 Å². The summed E-state index contributed by atoms with van der Waals surface area (Å²) in [6, 6.07) is 1.81. The Morgan fingerprint density at radius 1 is 1.14 bits per heavy atom. The third-order valence-electron chi connectivity index (χ3n) is 5.07. The molecule has 8 nitrogen and oxygen atoms in total. The lowest BCUT2D eigenvalue weighted by Crippen LogP contribution is -2.34. The molecule has 29 heavy (non-hydrogen) atoms. The Morgan fingerprint density at radius 3 is 2.52 bits per heavy atom. The van der Waals surface area contributed by atoms with Crippen LogP contribution in [0.25, 0.3) is 16.9 Å². The van der Waals surface area contributed by atoms with Crippen molar-refractivity contribution in [1.82, 2.24) is 24.6 Å². The minimum absolute atomic E-state index is 0.138. The van der Waals surface area contributed by atoms with E-state index in [9.17, 15) is 8.78 Å². The molecular formula is C18H19ClF2N6O2. The first-order chi connectivity index (χ1) is 13.6. The number of rotatable bonds is 4. The summed E-state index contributed by atoms with van der Waals surface area (Å²) in [5.74, 6) is -2.61. The Balaban J connectivity index is 1.89. The van der Waals surface area contributed by atoms with Crippen LogP contribution in [0.2, 0.25) is 5.15 Å². The van der Waals surface area contributed by atoms with Gasteiger partial charge in [-0.25, -0.2) is 23.3 Å². The van der Waals surface area contributed by atoms with Crippen LogP contribution < -0.4 is 14.4 Å². The third-order valence-corrected chi connectivity index (χ3v) is 5.25. The first kappa shape index (κ1) is 19.6. The van der Waals surface area contributed by atoms with Crippen molar-refractivity contribution >= 4 is 22.9 Å². The lowest BCUT2D eigenvalue weighted by atomic mass is 9.89. The molecule has 0 saturated carbocycles. The number of methoxy groups -OCH3 is 2. The van der Waals surface area contributed by atoms with E-state index in [1.165, 1.54) is 31.1 Å². The SMILES string of the molecule is COc1ncc(-c2cc(N3CC(C)(C)C(F)(F)C3)c3nc(Cl)cn3n2)c(OC)n1. The van der Waals surface area contributed by atoms with Gasteiger partial charge in [-0.05, 0) is 6.07 Å². The molecule has 4 heterocycles. The van der Waals surface area contributed by atoms with Gasteiger partial charge >= 0.3 is 6.01 Å². The Labute approximate surface area is 170 Å². The number of fused-ring (bicyclic) bond motifs is 1. The summed E-state index contributed by atoms with van der Waals surface area (Å²) in [5.41, 5.74) is 0.594. The molecule has 1 fully saturated rings. The Kier molecular flexibility index (Phi) is 4.49. The van der Waals surface area contributed by atoms with Crippen LogP contribution >= 0.6 is 11.6 Å². The highest BCUT2D eigenvalue weighted by atomic mass is 35.5. The second-order valence-corrected chi connectivity index (χ2v) is 7.86. The van der Waals surface area contributed by atoms with Gasteiger partial charge in [-0.1, -0.05) is 25.4 Å². The van der Waals surface area contributed by atoms with Crippen LogP contribution in [-0.4, -0.2) is 57.8 Å². The first-order valence-corrected chi connectivity index (χ1v) is 9.17. The van der Waals surface area contributed by atoms with Crippen molar-refractivity contribution < 1.29 is 18.3 Å². The van der Waals surface area contributed by atoms with E-state index in [0.29, 0.717) is 22.6 Å². The second-order valence-electron chi connectivity index (χ2n) is 7.47. The molecule has 4 rings (SSSR count). The maximum absolute atomic E-state index is 14.5. The van der Waals surface area contributed by atoms with E-state index < -0.39 is 17.9 Å². The normalized spacial score (nSPS) is 17.7. The lowest BCUT2D eigenvalue weighted by Gasteiger charge is -2.24. The number of halogens is 3. The Hall–Kier alpha value is -2.75. The first-order valence-electron chi connectivity index (χ1n) is 8.79. The molecular weight excluding hydrogens is 406 g/mol. The summed E-state index contributed by atoms with van der Waals surface area (Å²) in [5, 5.41) is 4.70. The maximum atomic E-state index is 14.5. The van der Waals surface area contributed by atoms with Gasteiger partial charge in [0.1, 0.15) is 10.8 Å². The molecule has 3 aromatic heterocycles. The van der Waals surface area contributed by atoms with E-state index in [2.05, 4.69) is 20.1 Å². The number of alkyl halides is 2. The van der Waals surface area contributed by atoms with Crippen molar-refractivity contribution in [3.8, 4) is 23.1 Å². The fourth-order valence-electron chi connectivity index (χ4n) is 3.35. The number of aromatic nitrogens is 5. The van der Waals surface area contributed by atoms with E-state index in [0.717, 1.165) is 0 Å². The van der Waals surface area contributed by atoms with Crippen molar-refractivity contribution in [2.24, 2.45) is 5.41 Å². The highest BCUT2D eigenvalue weighted by molar-refractivity contribution is 6.29. The number of imidazole rings is 1. The zero-order valence-corrected chi connectivity index (χ0v) is 17.0. The molecule has 0 atom stereocenters. The van der Waals surface area contributed by atoms with Gasteiger partial charge in [0.25, 0.3) is 5.92 Å². The van der Waals surface area contributed by atoms with Gasteiger partial charge in [0.05, 0.1) is 38.2 Å². The highest BCUT2D eigenvalue weighted by Gasteiger charge is 2.54. The number of hydrogen-bond acceptors (Lipinski definition) is 7.